The van der Waals surface area contributed by atoms with Gasteiger partial charge in [-0.2, -0.15) is 0 Å². The molecule has 0 saturated carbocycles. The number of carbonyl (C=O) groups excluding carboxylic acids is 1. The van der Waals surface area contributed by atoms with Crippen LogP contribution < -0.4 is 5.73 Å². The van der Waals surface area contributed by atoms with Crippen LogP contribution in [-0.2, 0) is 4.79 Å². The van der Waals surface area contributed by atoms with Crippen LogP contribution in [0.3, 0.4) is 0 Å². The molecule has 2 aliphatic rings. The van der Waals surface area contributed by atoms with Gasteiger partial charge >= 0.3 is 0 Å². The first-order valence-electron chi connectivity index (χ1n) is 6.35. The Hall–Kier alpha value is -0.830. The second-order valence-electron chi connectivity index (χ2n) is 5.27. The molecule has 1 aliphatic carbocycles. The molecule has 2 N–H and O–H groups in total. The number of carbonyl (C=O) groups is 1. The third kappa shape index (κ3) is 2.14. The zero-order chi connectivity index (χ0) is 11.7. The molecule has 1 heterocycles. The lowest BCUT2D eigenvalue weighted by molar-refractivity contribution is -0.140. The van der Waals surface area contributed by atoms with E-state index in [9.17, 15) is 4.79 Å². The van der Waals surface area contributed by atoms with Gasteiger partial charge in [0.1, 0.15) is 0 Å². The average Bonchev–Trinajstić information content (AvgIpc) is 2.64. The Morgan fingerprint density at radius 2 is 1.88 bits per heavy atom. The summed E-state index contributed by atoms with van der Waals surface area (Å²) in [5.41, 5.74) is 5.80. The summed E-state index contributed by atoms with van der Waals surface area (Å²) in [7, 11) is 0. The van der Waals surface area contributed by atoms with Gasteiger partial charge in [-0.3, -0.25) is 4.79 Å². The molecular weight excluding hydrogens is 200 g/mol. The van der Waals surface area contributed by atoms with Crippen LogP contribution >= 0.6 is 0 Å². The largest absolute Gasteiger partial charge is 0.337 e. The van der Waals surface area contributed by atoms with Crippen molar-refractivity contribution < 1.29 is 4.79 Å². The lowest BCUT2D eigenvalue weighted by atomic mass is 9.94. The monoisotopic (exact) mass is 222 g/mol. The fourth-order valence-electron chi connectivity index (χ4n) is 2.96. The number of likely N-dealkylation sites (tertiary alicyclic amines) is 1. The highest BCUT2D eigenvalue weighted by Gasteiger charge is 2.34. The van der Waals surface area contributed by atoms with Crippen molar-refractivity contribution in [2.24, 2.45) is 11.7 Å². The predicted molar refractivity (Wildman–Crippen MR) is 64.8 cm³/mol. The van der Waals surface area contributed by atoms with Gasteiger partial charge in [-0.1, -0.05) is 12.2 Å². The van der Waals surface area contributed by atoms with Gasteiger partial charge in [0.15, 0.2) is 0 Å². The van der Waals surface area contributed by atoms with Gasteiger partial charge in [-0.25, -0.2) is 0 Å². The van der Waals surface area contributed by atoms with Gasteiger partial charge in [0, 0.05) is 18.1 Å². The van der Waals surface area contributed by atoms with Crippen LogP contribution in [0.1, 0.15) is 39.5 Å². The van der Waals surface area contributed by atoms with Crippen molar-refractivity contribution in [2.45, 2.75) is 57.7 Å². The van der Waals surface area contributed by atoms with Crippen LogP contribution in [0.5, 0.6) is 0 Å². The van der Waals surface area contributed by atoms with Crippen LogP contribution in [-0.4, -0.2) is 28.9 Å². The number of nitrogens with two attached hydrogens (primary N) is 1. The van der Waals surface area contributed by atoms with Crippen molar-refractivity contribution in [3.8, 4) is 0 Å². The summed E-state index contributed by atoms with van der Waals surface area (Å²) in [5.74, 6) is 0.307. The SMILES string of the molecule is CC1CCCC(C)N1C(=O)C1C=CC(N)C1. The normalized spacial score (nSPS) is 39.1. The van der Waals surface area contributed by atoms with Crippen LogP contribution in [0, 0.1) is 5.92 Å². The van der Waals surface area contributed by atoms with Crippen molar-refractivity contribution in [3.05, 3.63) is 12.2 Å². The molecule has 0 aromatic heterocycles. The van der Waals surface area contributed by atoms with Gasteiger partial charge in [-0.15, -0.1) is 0 Å². The van der Waals surface area contributed by atoms with Crippen LogP contribution in [0.2, 0.25) is 0 Å². The smallest absolute Gasteiger partial charge is 0.230 e. The number of rotatable bonds is 1. The van der Waals surface area contributed by atoms with Crippen LogP contribution in [0.4, 0.5) is 0 Å². The molecular formula is C13H22N2O. The number of piperidine rings is 1. The quantitative estimate of drug-likeness (QED) is 0.686. The number of nitrogens with zero attached hydrogens (tertiary/aromatic N) is 1. The molecule has 0 spiro atoms. The first kappa shape index (κ1) is 11.6. The first-order valence-corrected chi connectivity index (χ1v) is 6.35. The van der Waals surface area contributed by atoms with E-state index in [0.717, 1.165) is 19.3 Å². The van der Waals surface area contributed by atoms with Gasteiger partial charge in [0.25, 0.3) is 0 Å². The van der Waals surface area contributed by atoms with Crippen LogP contribution in [0.25, 0.3) is 0 Å². The summed E-state index contributed by atoms with van der Waals surface area (Å²) in [6.45, 7) is 4.32. The predicted octanol–water partition coefficient (Wildman–Crippen LogP) is 1.68. The molecule has 1 fully saturated rings. The summed E-state index contributed by atoms with van der Waals surface area (Å²) in [5, 5.41) is 0. The summed E-state index contributed by atoms with van der Waals surface area (Å²) in [6.07, 6.45) is 8.25. The third-order valence-electron chi connectivity index (χ3n) is 3.88. The van der Waals surface area contributed by atoms with Crippen molar-refractivity contribution in [3.63, 3.8) is 0 Å². The fourth-order valence-corrected chi connectivity index (χ4v) is 2.96. The molecule has 0 aromatic carbocycles. The van der Waals surface area contributed by atoms with Crippen molar-refractivity contribution in [2.75, 3.05) is 0 Å². The molecule has 1 aliphatic heterocycles. The highest BCUT2D eigenvalue weighted by atomic mass is 16.2. The average molecular weight is 222 g/mol. The molecule has 4 atom stereocenters. The number of hydrogen-bond acceptors (Lipinski definition) is 2. The fraction of sp³-hybridized carbons (Fsp3) is 0.769. The highest BCUT2D eigenvalue weighted by molar-refractivity contribution is 5.82. The molecule has 0 bridgehead atoms. The van der Waals surface area contributed by atoms with E-state index in [2.05, 4.69) is 18.7 Å². The van der Waals surface area contributed by atoms with E-state index >= 15 is 0 Å². The Balaban J connectivity index is 2.05. The van der Waals surface area contributed by atoms with Gasteiger partial charge in [-0.05, 0) is 39.5 Å². The van der Waals surface area contributed by atoms with E-state index in [1.807, 2.05) is 12.2 Å². The molecule has 16 heavy (non-hydrogen) atoms. The third-order valence-corrected chi connectivity index (χ3v) is 3.88. The zero-order valence-electron chi connectivity index (χ0n) is 10.2. The minimum atomic E-state index is 0.0259. The topological polar surface area (TPSA) is 46.3 Å². The number of amides is 1. The van der Waals surface area contributed by atoms with E-state index in [-0.39, 0.29) is 17.9 Å². The number of hydrogen-bond donors (Lipinski definition) is 1. The van der Waals surface area contributed by atoms with Gasteiger partial charge < -0.3 is 10.6 Å². The molecule has 0 radical (unpaired) electrons. The molecule has 1 amide bonds. The van der Waals surface area contributed by atoms with Crippen molar-refractivity contribution in [1.29, 1.82) is 0 Å². The van der Waals surface area contributed by atoms with Crippen LogP contribution in [0.15, 0.2) is 12.2 Å². The minimum Gasteiger partial charge on any atom is -0.337 e. The van der Waals surface area contributed by atoms with Crippen molar-refractivity contribution in [1.82, 2.24) is 4.90 Å². The Bertz CT molecular complexity index is 290. The van der Waals surface area contributed by atoms with Gasteiger partial charge in [0.2, 0.25) is 5.91 Å². The maximum Gasteiger partial charge on any atom is 0.230 e. The summed E-state index contributed by atoms with van der Waals surface area (Å²) in [4.78, 5) is 14.5. The minimum absolute atomic E-state index is 0.0259. The van der Waals surface area contributed by atoms with Crippen molar-refractivity contribution >= 4 is 5.91 Å². The second kappa shape index (κ2) is 4.58. The Kier molecular flexibility index (Phi) is 3.33. The zero-order valence-corrected chi connectivity index (χ0v) is 10.2. The second-order valence-corrected chi connectivity index (χ2v) is 5.27. The molecule has 90 valence electrons. The van der Waals surface area contributed by atoms with E-state index in [1.54, 1.807) is 0 Å². The molecule has 2 rings (SSSR count). The molecule has 4 unspecified atom stereocenters. The highest BCUT2D eigenvalue weighted by Crippen LogP contribution is 2.27. The maximum atomic E-state index is 12.4. The Labute approximate surface area is 97.7 Å². The van der Waals surface area contributed by atoms with E-state index in [1.165, 1.54) is 6.42 Å². The van der Waals surface area contributed by atoms with Gasteiger partial charge in [0.05, 0.1) is 5.92 Å². The molecule has 0 aromatic rings. The summed E-state index contributed by atoms with van der Waals surface area (Å²) < 4.78 is 0. The van der Waals surface area contributed by atoms with E-state index in [0.29, 0.717) is 12.1 Å². The molecule has 3 nitrogen and oxygen atoms in total. The van der Waals surface area contributed by atoms with E-state index in [4.69, 9.17) is 5.73 Å². The van der Waals surface area contributed by atoms with E-state index < -0.39 is 0 Å². The first-order chi connectivity index (χ1) is 7.59. The lowest BCUT2D eigenvalue weighted by Crippen LogP contribution is -2.49. The Morgan fingerprint density at radius 3 is 2.38 bits per heavy atom. The lowest BCUT2D eigenvalue weighted by Gasteiger charge is -2.40. The maximum absolute atomic E-state index is 12.4. The summed E-state index contributed by atoms with van der Waals surface area (Å²) >= 11 is 0. The molecule has 1 saturated heterocycles. The Morgan fingerprint density at radius 1 is 1.25 bits per heavy atom. The molecule has 3 heteroatoms. The summed E-state index contributed by atoms with van der Waals surface area (Å²) in [6, 6.07) is 0.854. The standard InChI is InChI=1S/C13H22N2O/c1-9-4-3-5-10(2)15(9)13(16)11-6-7-12(14)8-11/h6-7,9-12H,3-5,8,14H2,1-2H3.